The Hall–Kier alpha value is -0.860. The lowest BCUT2D eigenvalue weighted by Gasteiger charge is -2.12. The third-order valence-corrected chi connectivity index (χ3v) is 1.98. The fourth-order valence-corrected chi connectivity index (χ4v) is 1.32. The number of nitrogens with zero attached hydrogens (tertiary/aromatic N) is 1. The molecule has 1 rings (SSSR count). The summed E-state index contributed by atoms with van der Waals surface area (Å²) in [7, 11) is 0. The molecule has 1 aliphatic heterocycles. The summed E-state index contributed by atoms with van der Waals surface area (Å²) in [6.07, 6.45) is 0.895. The molecule has 1 amide bonds. The molecule has 0 saturated carbocycles. The Kier molecular flexibility index (Phi) is 2.27. The van der Waals surface area contributed by atoms with Crippen LogP contribution in [0.3, 0.4) is 0 Å². The van der Waals surface area contributed by atoms with Gasteiger partial charge in [-0.1, -0.05) is 6.92 Å². The van der Waals surface area contributed by atoms with Crippen molar-refractivity contribution in [2.75, 3.05) is 13.1 Å². The summed E-state index contributed by atoms with van der Waals surface area (Å²) < 4.78 is 0. The summed E-state index contributed by atoms with van der Waals surface area (Å²) in [5.74, 6) is 0.307. The summed E-state index contributed by atoms with van der Waals surface area (Å²) >= 11 is 0. The fourth-order valence-electron chi connectivity index (χ4n) is 1.32. The number of likely N-dealkylation sites (tertiary alicyclic amines) is 1. The van der Waals surface area contributed by atoms with Crippen LogP contribution in [0, 0.1) is 5.92 Å². The number of ketones is 1. The van der Waals surface area contributed by atoms with Gasteiger partial charge in [-0.05, 0) is 13.3 Å². The number of Topliss-reactive ketones (excluding diaryl/α,β-unsaturated/α-hetero) is 1. The lowest BCUT2D eigenvalue weighted by atomic mass is 10.1. The van der Waals surface area contributed by atoms with Crippen molar-refractivity contribution in [2.24, 2.45) is 5.92 Å². The van der Waals surface area contributed by atoms with Crippen molar-refractivity contribution in [1.82, 2.24) is 4.90 Å². The minimum absolute atomic E-state index is 0.0625. The number of hydrogen-bond acceptors (Lipinski definition) is 2. The van der Waals surface area contributed by atoms with Crippen LogP contribution >= 0.6 is 0 Å². The molecule has 1 heterocycles. The van der Waals surface area contributed by atoms with Gasteiger partial charge in [0.2, 0.25) is 5.91 Å². The first kappa shape index (κ1) is 8.24. The third-order valence-electron chi connectivity index (χ3n) is 1.98. The number of carbonyl (C=O) groups excluding carboxylic acids is 2. The maximum atomic E-state index is 11.2. The second kappa shape index (κ2) is 3.03. The minimum atomic E-state index is 0.0625. The molecule has 0 aromatic carbocycles. The van der Waals surface area contributed by atoms with E-state index >= 15 is 0 Å². The molecular formula is C8H13NO2. The molecule has 1 saturated heterocycles. The SMILES string of the molecule is CC(=O)CN1CCC(C)C1=O. The van der Waals surface area contributed by atoms with Crippen molar-refractivity contribution >= 4 is 11.7 Å². The summed E-state index contributed by atoms with van der Waals surface area (Å²) in [6, 6.07) is 0. The number of carbonyl (C=O) groups is 2. The zero-order chi connectivity index (χ0) is 8.43. The van der Waals surface area contributed by atoms with E-state index in [4.69, 9.17) is 0 Å². The van der Waals surface area contributed by atoms with Gasteiger partial charge in [0.05, 0.1) is 6.54 Å². The van der Waals surface area contributed by atoms with Gasteiger partial charge >= 0.3 is 0 Å². The predicted molar refractivity (Wildman–Crippen MR) is 41.0 cm³/mol. The van der Waals surface area contributed by atoms with E-state index in [9.17, 15) is 9.59 Å². The maximum Gasteiger partial charge on any atom is 0.225 e. The van der Waals surface area contributed by atoms with Gasteiger partial charge in [0.25, 0.3) is 0 Å². The van der Waals surface area contributed by atoms with Crippen LogP contribution in [0.2, 0.25) is 0 Å². The van der Waals surface area contributed by atoms with E-state index < -0.39 is 0 Å². The molecule has 1 atom stereocenters. The van der Waals surface area contributed by atoms with Crippen molar-refractivity contribution in [3.8, 4) is 0 Å². The lowest BCUT2D eigenvalue weighted by molar-refractivity contribution is -0.133. The van der Waals surface area contributed by atoms with Crippen molar-refractivity contribution in [3.05, 3.63) is 0 Å². The minimum Gasteiger partial charge on any atom is -0.335 e. The average molecular weight is 155 g/mol. The van der Waals surface area contributed by atoms with E-state index in [1.54, 1.807) is 4.90 Å². The molecular weight excluding hydrogens is 142 g/mol. The largest absolute Gasteiger partial charge is 0.335 e. The van der Waals surface area contributed by atoms with Crippen LogP contribution in [-0.4, -0.2) is 29.7 Å². The molecule has 11 heavy (non-hydrogen) atoms. The van der Waals surface area contributed by atoms with Gasteiger partial charge in [-0.15, -0.1) is 0 Å². The fraction of sp³-hybridized carbons (Fsp3) is 0.750. The van der Waals surface area contributed by atoms with E-state index in [-0.39, 0.29) is 17.6 Å². The quantitative estimate of drug-likeness (QED) is 0.580. The molecule has 3 heteroatoms. The number of rotatable bonds is 2. The molecule has 0 spiro atoms. The topological polar surface area (TPSA) is 37.4 Å². The van der Waals surface area contributed by atoms with Gasteiger partial charge in [0.15, 0.2) is 0 Å². The van der Waals surface area contributed by atoms with Crippen molar-refractivity contribution < 1.29 is 9.59 Å². The van der Waals surface area contributed by atoms with E-state index in [0.717, 1.165) is 13.0 Å². The molecule has 0 aromatic heterocycles. The summed E-state index contributed by atoms with van der Waals surface area (Å²) in [6.45, 7) is 4.46. The number of amides is 1. The third kappa shape index (κ3) is 1.79. The average Bonchev–Trinajstić information content (AvgIpc) is 2.18. The van der Waals surface area contributed by atoms with E-state index in [0.29, 0.717) is 6.54 Å². The number of hydrogen-bond donors (Lipinski definition) is 0. The second-order valence-electron chi connectivity index (χ2n) is 3.15. The smallest absolute Gasteiger partial charge is 0.225 e. The molecule has 1 fully saturated rings. The van der Waals surface area contributed by atoms with Crippen LogP contribution in [0.4, 0.5) is 0 Å². The maximum absolute atomic E-state index is 11.2. The Morgan fingerprint density at radius 3 is 2.73 bits per heavy atom. The predicted octanol–water partition coefficient (Wildman–Crippen LogP) is 0.444. The molecule has 0 aromatic rings. The molecule has 0 radical (unpaired) electrons. The van der Waals surface area contributed by atoms with Crippen LogP contribution in [0.25, 0.3) is 0 Å². The molecule has 1 unspecified atom stereocenters. The highest BCUT2D eigenvalue weighted by atomic mass is 16.2. The molecule has 0 aliphatic carbocycles. The highest BCUT2D eigenvalue weighted by Crippen LogP contribution is 2.16. The van der Waals surface area contributed by atoms with Gasteiger partial charge in [0, 0.05) is 12.5 Å². The van der Waals surface area contributed by atoms with Gasteiger partial charge in [-0.3, -0.25) is 9.59 Å². The Balaban J connectivity index is 2.49. The van der Waals surface area contributed by atoms with E-state index in [1.165, 1.54) is 6.92 Å². The van der Waals surface area contributed by atoms with Gasteiger partial charge in [-0.2, -0.15) is 0 Å². The van der Waals surface area contributed by atoms with Gasteiger partial charge in [0.1, 0.15) is 5.78 Å². The van der Waals surface area contributed by atoms with Gasteiger partial charge < -0.3 is 4.90 Å². The van der Waals surface area contributed by atoms with Gasteiger partial charge in [-0.25, -0.2) is 0 Å². The summed E-state index contributed by atoms with van der Waals surface area (Å²) in [5.41, 5.74) is 0. The van der Waals surface area contributed by atoms with E-state index in [1.807, 2.05) is 6.92 Å². The normalized spacial score (nSPS) is 24.4. The molecule has 3 nitrogen and oxygen atoms in total. The van der Waals surface area contributed by atoms with Crippen LogP contribution in [0.5, 0.6) is 0 Å². The highest BCUT2D eigenvalue weighted by Gasteiger charge is 2.27. The lowest BCUT2D eigenvalue weighted by Crippen LogP contribution is -2.31. The summed E-state index contributed by atoms with van der Waals surface area (Å²) in [5, 5.41) is 0. The zero-order valence-electron chi connectivity index (χ0n) is 6.96. The van der Waals surface area contributed by atoms with Crippen LogP contribution in [0.1, 0.15) is 20.3 Å². The second-order valence-corrected chi connectivity index (χ2v) is 3.15. The van der Waals surface area contributed by atoms with Crippen LogP contribution in [-0.2, 0) is 9.59 Å². The Bertz CT molecular complexity index is 189. The Morgan fingerprint density at radius 2 is 2.36 bits per heavy atom. The molecule has 1 aliphatic rings. The first-order valence-electron chi connectivity index (χ1n) is 3.89. The van der Waals surface area contributed by atoms with Crippen molar-refractivity contribution in [3.63, 3.8) is 0 Å². The van der Waals surface area contributed by atoms with E-state index in [2.05, 4.69) is 0 Å². The first-order valence-corrected chi connectivity index (χ1v) is 3.89. The molecule has 0 N–H and O–H groups in total. The standard InChI is InChI=1S/C8H13NO2/c1-6-3-4-9(8(6)11)5-7(2)10/h6H,3-5H2,1-2H3. The highest BCUT2D eigenvalue weighted by molar-refractivity contribution is 5.86. The Labute approximate surface area is 66.4 Å². The van der Waals surface area contributed by atoms with Crippen LogP contribution < -0.4 is 0 Å². The van der Waals surface area contributed by atoms with Crippen molar-refractivity contribution in [1.29, 1.82) is 0 Å². The molecule has 62 valence electrons. The van der Waals surface area contributed by atoms with Crippen LogP contribution in [0.15, 0.2) is 0 Å². The Morgan fingerprint density at radius 1 is 1.73 bits per heavy atom. The monoisotopic (exact) mass is 155 g/mol. The first-order chi connectivity index (χ1) is 5.11. The molecule has 0 bridgehead atoms. The summed E-state index contributed by atoms with van der Waals surface area (Å²) in [4.78, 5) is 23.5. The zero-order valence-corrected chi connectivity index (χ0v) is 6.96. The van der Waals surface area contributed by atoms with Crippen molar-refractivity contribution in [2.45, 2.75) is 20.3 Å².